The fourth-order valence-corrected chi connectivity index (χ4v) is 3.77. The summed E-state index contributed by atoms with van der Waals surface area (Å²) in [7, 11) is 1.59. The number of nitrogens with one attached hydrogen (secondary N) is 1. The number of imidazole rings is 1. The van der Waals surface area contributed by atoms with Crippen molar-refractivity contribution in [2.75, 3.05) is 31.1 Å². The second-order valence-electron chi connectivity index (χ2n) is 7.14. The van der Waals surface area contributed by atoms with Crippen molar-refractivity contribution in [2.45, 2.75) is 19.5 Å². The Morgan fingerprint density at radius 1 is 1.14 bits per heavy atom. The summed E-state index contributed by atoms with van der Waals surface area (Å²) < 4.78 is 4.21. The third-order valence-electron chi connectivity index (χ3n) is 5.25. The van der Waals surface area contributed by atoms with Crippen LogP contribution in [0.5, 0.6) is 0 Å². The van der Waals surface area contributed by atoms with Crippen molar-refractivity contribution < 1.29 is 0 Å². The van der Waals surface area contributed by atoms with Crippen LogP contribution in [0.4, 0.5) is 5.95 Å². The molecule has 9 nitrogen and oxygen atoms in total. The van der Waals surface area contributed by atoms with Gasteiger partial charge in [0.25, 0.3) is 5.56 Å². The SMILES string of the molecule is Cn1c(=O)n(CC#N)c(=O)c2c1nc(N1CCCNCC1)n2Cc1ccccc1. The lowest BCUT2D eigenvalue weighted by molar-refractivity contribution is 0.667. The third kappa shape index (κ3) is 3.43. The molecule has 0 bridgehead atoms. The van der Waals surface area contributed by atoms with Crippen LogP contribution >= 0.6 is 0 Å². The summed E-state index contributed by atoms with van der Waals surface area (Å²) in [5.41, 5.74) is 0.710. The van der Waals surface area contributed by atoms with Gasteiger partial charge < -0.3 is 10.2 Å². The predicted molar refractivity (Wildman–Crippen MR) is 110 cm³/mol. The standard InChI is InChI=1S/C20H23N7O2/c1-24-17-16(18(28)26(12-8-21)20(24)29)27(14-15-6-3-2-4-7-15)19(23-17)25-11-5-9-22-10-13-25/h2-4,6-7,22H,5,9-14H2,1H3. The van der Waals surface area contributed by atoms with Crippen molar-refractivity contribution in [1.82, 2.24) is 24.0 Å². The van der Waals surface area contributed by atoms with Gasteiger partial charge in [-0.2, -0.15) is 10.2 Å². The van der Waals surface area contributed by atoms with E-state index in [2.05, 4.69) is 10.2 Å². The largest absolute Gasteiger partial charge is 0.341 e. The highest BCUT2D eigenvalue weighted by atomic mass is 16.2. The fraction of sp³-hybridized carbons (Fsp3) is 0.400. The van der Waals surface area contributed by atoms with Gasteiger partial charge in [0.2, 0.25) is 5.95 Å². The molecule has 1 aliphatic rings. The Bertz CT molecular complexity index is 1180. The fourth-order valence-electron chi connectivity index (χ4n) is 3.77. The average Bonchev–Trinajstić information content (AvgIpc) is 2.91. The number of fused-ring (bicyclic) bond motifs is 1. The summed E-state index contributed by atoms with van der Waals surface area (Å²) in [5.74, 6) is 0.675. The zero-order chi connectivity index (χ0) is 20.4. The number of hydrogen-bond donors (Lipinski definition) is 1. The molecule has 1 N–H and O–H groups in total. The lowest BCUT2D eigenvalue weighted by atomic mass is 10.2. The van der Waals surface area contributed by atoms with Gasteiger partial charge in [-0.05, 0) is 18.5 Å². The first-order chi connectivity index (χ1) is 14.1. The molecule has 4 rings (SSSR count). The smallest absolute Gasteiger partial charge is 0.333 e. The number of anilines is 1. The minimum absolute atomic E-state index is 0.291. The van der Waals surface area contributed by atoms with Crippen LogP contribution in [0.3, 0.4) is 0 Å². The molecule has 1 fully saturated rings. The maximum absolute atomic E-state index is 13.2. The number of aryl methyl sites for hydroxylation is 1. The third-order valence-corrected chi connectivity index (χ3v) is 5.25. The van der Waals surface area contributed by atoms with Gasteiger partial charge in [0.15, 0.2) is 11.2 Å². The second kappa shape index (κ2) is 7.93. The lowest BCUT2D eigenvalue weighted by Crippen LogP contribution is -2.39. The van der Waals surface area contributed by atoms with Crippen molar-refractivity contribution in [3.05, 3.63) is 56.7 Å². The zero-order valence-corrected chi connectivity index (χ0v) is 16.3. The number of benzene rings is 1. The molecule has 0 saturated carbocycles. The van der Waals surface area contributed by atoms with Crippen LogP contribution in [0, 0.1) is 11.3 Å². The van der Waals surface area contributed by atoms with Gasteiger partial charge in [-0.3, -0.25) is 13.9 Å². The molecule has 3 aromatic rings. The van der Waals surface area contributed by atoms with Gasteiger partial charge in [0, 0.05) is 26.7 Å². The van der Waals surface area contributed by atoms with E-state index in [1.807, 2.05) is 41.0 Å². The molecule has 9 heteroatoms. The monoisotopic (exact) mass is 393 g/mol. The Morgan fingerprint density at radius 3 is 2.69 bits per heavy atom. The van der Waals surface area contributed by atoms with Gasteiger partial charge >= 0.3 is 5.69 Å². The van der Waals surface area contributed by atoms with E-state index >= 15 is 0 Å². The van der Waals surface area contributed by atoms with Crippen LogP contribution in [-0.4, -0.2) is 44.9 Å². The first-order valence-electron chi connectivity index (χ1n) is 9.68. The van der Waals surface area contributed by atoms with Crippen LogP contribution < -0.4 is 21.5 Å². The van der Waals surface area contributed by atoms with Crippen molar-refractivity contribution in [3.8, 4) is 6.07 Å². The first kappa shape index (κ1) is 19.0. The molecule has 0 aliphatic carbocycles. The van der Waals surface area contributed by atoms with Crippen molar-refractivity contribution in [3.63, 3.8) is 0 Å². The Labute approximate surface area is 167 Å². The van der Waals surface area contributed by atoms with E-state index in [1.54, 1.807) is 7.05 Å². The van der Waals surface area contributed by atoms with Crippen LogP contribution in [0.25, 0.3) is 11.2 Å². The van der Waals surface area contributed by atoms with E-state index < -0.39 is 11.2 Å². The first-order valence-corrected chi connectivity index (χ1v) is 9.68. The van der Waals surface area contributed by atoms with E-state index in [0.29, 0.717) is 23.7 Å². The van der Waals surface area contributed by atoms with Gasteiger partial charge in [0.1, 0.15) is 6.54 Å². The van der Waals surface area contributed by atoms with E-state index in [-0.39, 0.29) is 6.54 Å². The molecule has 3 heterocycles. The quantitative estimate of drug-likeness (QED) is 0.683. The molecule has 0 atom stereocenters. The number of rotatable bonds is 4. The summed E-state index contributed by atoms with van der Waals surface area (Å²) in [6, 6.07) is 11.7. The van der Waals surface area contributed by atoms with E-state index in [0.717, 1.165) is 42.7 Å². The lowest BCUT2D eigenvalue weighted by Gasteiger charge is -2.22. The van der Waals surface area contributed by atoms with Gasteiger partial charge in [-0.1, -0.05) is 30.3 Å². The Hall–Kier alpha value is -3.38. The molecule has 2 aromatic heterocycles. The highest BCUT2D eigenvalue weighted by molar-refractivity contribution is 5.75. The zero-order valence-electron chi connectivity index (χ0n) is 16.3. The molecule has 0 radical (unpaired) electrons. The van der Waals surface area contributed by atoms with E-state index in [1.165, 1.54) is 4.57 Å². The van der Waals surface area contributed by atoms with Gasteiger partial charge in [-0.25, -0.2) is 9.36 Å². The maximum Gasteiger partial charge on any atom is 0.333 e. The Kier molecular flexibility index (Phi) is 5.18. The molecule has 0 amide bonds. The molecular weight excluding hydrogens is 370 g/mol. The predicted octanol–water partition coefficient (Wildman–Crippen LogP) is 0.268. The molecule has 0 spiro atoms. The minimum atomic E-state index is -0.530. The van der Waals surface area contributed by atoms with Crippen LogP contribution in [-0.2, 0) is 20.1 Å². The van der Waals surface area contributed by atoms with E-state index in [4.69, 9.17) is 10.2 Å². The number of nitriles is 1. The van der Waals surface area contributed by atoms with E-state index in [9.17, 15) is 9.59 Å². The summed E-state index contributed by atoms with van der Waals surface area (Å²) in [6.07, 6.45) is 0.964. The molecule has 29 heavy (non-hydrogen) atoms. The molecule has 1 aromatic carbocycles. The summed E-state index contributed by atoms with van der Waals surface area (Å²) in [6.45, 7) is 3.50. The van der Waals surface area contributed by atoms with Gasteiger partial charge in [-0.15, -0.1) is 0 Å². The highest BCUT2D eigenvalue weighted by Gasteiger charge is 2.24. The molecule has 0 unspecified atom stereocenters. The molecule has 150 valence electrons. The summed E-state index contributed by atoms with van der Waals surface area (Å²) in [4.78, 5) is 32.7. The van der Waals surface area contributed by atoms with Crippen molar-refractivity contribution in [1.29, 1.82) is 5.26 Å². The summed E-state index contributed by atoms with van der Waals surface area (Å²) >= 11 is 0. The average molecular weight is 393 g/mol. The van der Waals surface area contributed by atoms with Gasteiger partial charge in [0.05, 0.1) is 12.6 Å². The van der Waals surface area contributed by atoms with Crippen LogP contribution in [0.1, 0.15) is 12.0 Å². The number of hydrogen-bond acceptors (Lipinski definition) is 6. The molecule has 1 saturated heterocycles. The second-order valence-corrected chi connectivity index (χ2v) is 7.14. The minimum Gasteiger partial charge on any atom is -0.341 e. The number of nitrogens with zero attached hydrogens (tertiary/aromatic N) is 6. The summed E-state index contributed by atoms with van der Waals surface area (Å²) in [5, 5.41) is 12.5. The van der Waals surface area contributed by atoms with Crippen molar-refractivity contribution in [2.24, 2.45) is 7.05 Å². The highest BCUT2D eigenvalue weighted by Crippen LogP contribution is 2.22. The Balaban J connectivity index is 1.98. The normalized spacial score (nSPS) is 14.7. The van der Waals surface area contributed by atoms with Crippen LogP contribution in [0.2, 0.25) is 0 Å². The topological polar surface area (TPSA) is 101 Å². The molecule has 1 aliphatic heterocycles. The maximum atomic E-state index is 13.2. The van der Waals surface area contributed by atoms with Crippen LogP contribution in [0.15, 0.2) is 39.9 Å². The Morgan fingerprint density at radius 2 is 1.93 bits per heavy atom. The number of aromatic nitrogens is 4. The molecular formula is C20H23N7O2. The van der Waals surface area contributed by atoms with Crippen molar-refractivity contribution >= 4 is 17.1 Å².